The van der Waals surface area contributed by atoms with Crippen molar-refractivity contribution in [3.05, 3.63) is 71.8 Å². The Labute approximate surface area is 164 Å². The summed E-state index contributed by atoms with van der Waals surface area (Å²) in [6.45, 7) is 0. The van der Waals surface area contributed by atoms with Gasteiger partial charge in [-0.25, -0.2) is 9.59 Å². The minimum atomic E-state index is -0.506. The summed E-state index contributed by atoms with van der Waals surface area (Å²) in [4.78, 5) is 25.5. The smallest absolute Gasteiger partial charge is 0.338 e. The molecule has 4 fully saturated rings. The zero-order valence-corrected chi connectivity index (χ0v) is 15.8. The number of carbonyl (C=O) groups excluding carboxylic acids is 2. The van der Waals surface area contributed by atoms with Crippen LogP contribution < -0.4 is 0 Å². The molecule has 4 saturated carbocycles. The maximum atomic E-state index is 12.7. The molecule has 2 aromatic carbocycles. The Kier molecular flexibility index (Phi) is 4.04. The highest BCUT2D eigenvalue weighted by molar-refractivity contribution is 5.90. The van der Waals surface area contributed by atoms with E-state index in [-0.39, 0.29) is 11.9 Å². The second-order valence-electron chi connectivity index (χ2n) is 8.84. The maximum absolute atomic E-state index is 12.7. The molecule has 4 bridgehead atoms. The standard InChI is InChI=1S/C24H24O4/c25-21(19-7-3-1-4-8-19)27-23-12-17-11-18(13-23)15-24(14-17,16-23)28-22(26)20-9-5-2-6-10-20/h1-10,17-18H,11-16H2. The Morgan fingerprint density at radius 1 is 0.679 bits per heavy atom. The maximum Gasteiger partial charge on any atom is 0.338 e. The Hall–Kier alpha value is -2.62. The van der Waals surface area contributed by atoms with E-state index in [2.05, 4.69) is 0 Å². The van der Waals surface area contributed by atoms with Gasteiger partial charge in [0.1, 0.15) is 11.2 Å². The van der Waals surface area contributed by atoms with E-state index in [1.165, 1.54) is 0 Å². The number of rotatable bonds is 4. The number of benzene rings is 2. The lowest BCUT2D eigenvalue weighted by molar-refractivity contribution is -0.200. The van der Waals surface area contributed by atoms with Gasteiger partial charge in [-0.15, -0.1) is 0 Å². The molecule has 0 amide bonds. The lowest BCUT2D eigenvalue weighted by Gasteiger charge is -2.60. The predicted octanol–water partition coefficient (Wildman–Crippen LogP) is 4.79. The first-order chi connectivity index (χ1) is 13.5. The summed E-state index contributed by atoms with van der Waals surface area (Å²) >= 11 is 0. The number of hydrogen-bond donors (Lipinski definition) is 0. The van der Waals surface area contributed by atoms with Gasteiger partial charge in [-0.2, -0.15) is 0 Å². The van der Waals surface area contributed by atoms with Gasteiger partial charge in [0.25, 0.3) is 0 Å². The monoisotopic (exact) mass is 376 g/mol. The molecule has 0 aliphatic heterocycles. The van der Waals surface area contributed by atoms with Crippen LogP contribution in [0.4, 0.5) is 0 Å². The molecule has 0 N–H and O–H groups in total. The highest BCUT2D eigenvalue weighted by Crippen LogP contribution is 2.60. The molecule has 0 atom stereocenters. The number of ether oxygens (including phenoxy) is 2. The van der Waals surface area contributed by atoms with Crippen molar-refractivity contribution in [2.24, 2.45) is 11.8 Å². The topological polar surface area (TPSA) is 52.6 Å². The molecular weight excluding hydrogens is 352 g/mol. The van der Waals surface area contributed by atoms with E-state index in [1.807, 2.05) is 36.4 Å². The van der Waals surface area contributed by atoms with Crippen LogP contribution in [0.15, 0.2) is 60.7 Å². The molecule has 0 unspecified atom stereocenters. The van der Waals surface area contributed by atoms with Crippen molar-refractivity contribution in [1.82, 2.24) is 0 Å². The van der Waals surface area contributed by atoms with Crippen molar-refractivity contribution in [1.29, 1.82) is 0 Å². The van der Waals surface area contributed by atoms with E-state index < -0.39 is 11.2 Å². The van der Waals surface area contributed by atoms with Gasteiger partial charge in [0.15, 0.2) is 0 Å². The lowest BCUT2D eigenvalue weighted by atomic mass is 9.52. The second kappa shape index (κ2) is 6.47. The molecule has 144 valence electrons. The highest BCUT2D eigenvalue weighted by Gasteiger charge is 2.61. The first kappa shape index (κ1) is 17.5. The summed E-state index contributed by atoms with van der Waals surface area (Å²) in [6.07, 6.45) is 5.29. The van der Waals surface area contributed by atoms with Crippen LogP contribution in [0.1, 0.15) is 59.2 Å². The molecule has 0 radical (unpaired) electrons. The number of hydrogen-bond acceptors (Lipinski definition) is 4. The fourth-order valence-corrected chi connectivity index (χ4v) is 5.99. The Morgan fingerprint density at radius 3 is 1.46 bits per heavy atom. The molecule has 28 heavy (non-hydrogen) atoms. The van der Waals surface area contributed by atoms with E-state index in [9.17, 15) is 9.59 Å². The van der Waals surface area contributed by atoms with E-state index in [0.717, 1.165) is 32.1 Å². The fraction of sp³-hybridized carbons (Fsp3) is 0.417. The average molecular weight is 376 g/mol. The van der Waals surface area contributed by atoms with E-state index >= 15 is 0 Å². The first-order valence-electron chi connectivity index (χ1n) is 10.1. The third-order valence-electron chi connectivity index (χ3n) is 6.59. The van der Waals surface area contributed by atoms with E-state index in [1.54, 1.807) is 24.3 Å². The van der Waals surface area contributed by atoms with Crippen LogP contribution in [-0.2, 0) is 9.47 Å². The molecule has 4 aliphatic carbocycles. The zero-order valence-electron chi connectivity index (χ0n) is 15.8. The first-order valence-corrected chi connectivity index (χ1v) is 10.1. The van der Waals surface area contributed by atoms with Gasteiger partial charge >= 0.3 is 11.9 Å². The average Bonchev–Trinajstić information content (AvgIpc) is 2.67. The molecule has 0 saturated heterocycles. The van der Waals surface area contributed by atoms with Crippen LogP contribution in [-0.4, -0.2) is 23.1 Å². The zero-order chi connectivity index (χ0) is 19.2. The summed E-state index contributed by atoms with van der Waals surface area (Å²) in [5, 5.41) is 0. The third kappa shape index (κ3) is 3.11. The van der Waals surface area contributed by atoms with Crippen LogP contribution in [0.3, 0.4) is 0 Å². The molecule has 0 heterocycles. The Balaban J connectivity index is 1.38. The summed E-state index contributed by atoms with van der Waals surface area (Å²) < 4.78 is 12.2. The van der Waals surface area contributed by atoms with E-state index in [4.69, 9.17) is 9.47 Å². The minimum Gasteiger partial charge on any atom is -0.455 e. The van der Waals surface area contributed by atoms with Crippen LogP contribution in [0.5, 0.6) is 0 Å². The van der Waals surface area contributed by atoms with Gasteiger partial charge in [-0.1, -0.05) is 36.4 Å². The van der Waals surface area contributed by atoms with Crippen molar-refractivity contribution in [3.8, 4) is 0 Å². The van der Waals surface area contributed by atoms with Crippen molar-refractivity contribution >= 4 is 11.9 Å². The molecule has 0 spiro atoms. The summed E-state index contributed by atoms with van der Waals surface area (Å²) in [5.74, 6) is 0.362. The van der Waals surface area contributed by atoms with Crippen LogP contribution >= 0.6 is 0 Å². The van der Waals surface area contributed by atoms with Gasteiger partial charge in [-0.3, -0.25) is 0 Å². The molecule has 4 heteroatoms. The van der Waals surface area contributed by atoms with Gasteiger partial charge in [0, 0.05) is 6.42 Å². The van der Waals surface area contributed by atoms with Gasteiger partial charge in [-0.05, 0) is 68.2 Å². The number of carbonyl (C=O) groups is 2. The minimum absolute atomic E-state index is 0.271. The van der Waals surface area contributed by atoms with Gasteiger partial charge in [0.05, 0.1) is 11.1 Å². The van der Waals surface area contributed by atoms with Gasteiger partial charge < -0.3 is 9.47 Å². The fourth-order valence-electron chi connectivity index (χ4n) is 5.99. The van der Waals surface area contributed by atoms with Crippen LogP contribution in [0, 0.1) is 11.8 Å². The predicted molar refractivity (Wildman–Crippen MR) is 104 cm³/mol. The highest BCUT2D eigenvalue weighted by atomic mass is 16.6. The van der Waals surface area contributed by atoms with Gasteiger partial charge in [0.2, 0.25) is 0 Å². The molecule has 6 rings (SSSR count). The summed E-state index contributed by atoms with van der Waals surface area (Å²) in [5.41, 5.74) is 0.143. The Morgan fingerprint density at radius 2 is 1.07 bits per heavy atom. The molecule has 4 aliphatic rings. The second-order valence-corrected chi connectivity index (χ2v) is 8.84. The Bertz CT molecular complexity index is 804. The van der Waals surface area contributed by atoms with E-state index in [0.29, 0.717) is 29.4 Å². The molecular formula is C24H24O4. The SMILES string of the molecule is O=C(OC12CC3CC(C1)CC(OC(=O)c1ccccc1)(C3)C2)c1ccccc1. The molecule has 4 nitrogen and oxygen atoms in total. The molecule has 2 aromatic rings. The summed E-state index contributed by atoms with van der Waals surface area (Å²) in [7, 11) is 0. The largest absolute Gasteiger partial charge is 0.455 e. The van der Waals surface area contributed by atoms with Crippen molar-refractivity contribution in [2.45, 2.75) is 49.7 Å². The number of esters is 2. The lowest BCUT2D eigenvalue weighted by Crippen LogP contribution is -2.61. The summed E-state index contributed by atoms with van der Waals surface area (Å²) in [6, 6.07) is 18.3. The normalized spacial score (nSPS) is 32.7. The third-order valence-corrected chi connectivity index (χ3v) is 6.59. The van der Waals surface area contributed by atoms with Crippen LogP contribution in [0.2, 0.25) is 0 Å². The van der Waals surface area contributed by atoms with Crippen molar-refractivity contribution in [2.75, 3.05) is 0 Å². The molecule has 0 aromatic heterocycles. The van der Waals surface area contributed by atoms with Crippen molar-refractivity contribution < 1.29 is 19.1 Å². The van der Waals surface area contributed by atoms with Crippen LogP contribution in [0.25, 0.3) is 0 Å². The quantitative estimate of drug-likeness (QED) is 0.720. The van der Waals surface area contributed by atoms with Crippen molar-refractivity contribution in [3.63, 3.8) is 0 Å².